The van der Waals surface area contributed by atoms with E-state index in [-0.39, 0.29) is 11.3 Å². The fraction of sp³-hybridized carbons (Fsp3) is 0.0769. The molecular formula is C26H17N7O14. The van der Waals surface area contributed by atoms with Crippen molar-refractivity contribution in [1.29, 1.82) is 0 Å². The molecule has 0 aliphatic heterocycles. The molecule has 47 heavy (non-hydrogen) atoms. The summed E-state index contributed by atoms with van der Waals surface area (Å²) in [5.74, 6) is -4.19. The summed E-state index contributed by atoms with van der Waals surface area (Å²) in [7, 11) is 0. The van der Waals surface area contributed by atoms with E-state index in [2.05, 4.69) is 5.18 Å². The van der Waals surface area contributed by atoms with Gasteiger partial charge in [0.1, 0.15) is 0 Å². The number of nitrogens with zero attached hydrogens (tertiary/aromatic N) is 7. The molecule has 0 saturated carbocycles. The van der Waals surface area contributed by atoms with Crippen molar-refractivity contribution in [3.63, 3.8) is 0 Å². The van der Waals surface area contributed by atoms with E-state index in [1.54, 1.807) is 0 Å². The van der Waals surface area contributed by atoms with Gasteiger partial charge in [-0.05, 0) is 42.4 Å². The Hall–Kier alpha value is -7.00. The maximum atomic E-state index is 12.3. The van der Waals surface area contributed by atoms with E-state index in [1.165, 1.54) is 30.3 Å². The van der Waals surface area contributed by atoms with Crippen LogP contribution in [0.5, 0.6) is 11.5 Å². The summed E-state index contributed by atoms with van der Waals surface area (Å²) < 4.78 is 5.70. The number of nitroso groups, excluding NO2 is 1. The van der Waals surface area contributed by atoms with E-state index in [4.69, 9.17) is 4.74 Å². The van der Waals surface area contributed by atoms with Crippen molar-refractivity contribution in [2.45, 2.75) is 12.7 Å². The van der Waals surface area contributed by atoms with Crippen molar-refractivity contribution >= 4 is 51.2 Å². The standard InChI is InChI=1S/C26H17N7O14/c1-26(34,35)14-7-8-23(47-25-18(27-36)10-16(29(37)38)13-22(25)33(45)46)19(9-14)28(15-5-3-2-4-6-15)24-20(31(41)42)11-17(30(39)40)12-21(24)32(43)44/h2-13,34-35H,1H3. The van der Waals surface area contributed by atoms with Crippen LogP contribution in [-0.4, -0.2) is 34.8 Å². The van der Waals surface area contributed by atoms with E-state index >= 15 is 0 Å². The number of non-ortho nitro benzene ring substituents is 2. The largest absolute Gasteiger partial charge is 0.445 e. The normalized spacial score (nSPS) is 11.0. The van der Waals surface area contributed by atoms with E-state index in [0.717, 1.165) is 30.0 Å². The Kier molecular flexibility index (Phi) is 8.78. The molecule has 4 aromatic carbocycles. The smallest absolute Gasteiger partial charge is 0.320 e. The van der Waals surface area contributed by atoms with Crippen LogP contribution in [0.25, 0.3) is 0 Å². The minimum Gasteiger partial charge on any atom is -0.445 e. The Balaban J connectivity index is 2.18. The Labute approximate surface area is 259 Å². The molecule has 2 N–H and O–H groups in total. The Bertz CT molecular complexity index is 1940. The monoisotopic (exact) mass is 651 g/mol. The molecule has 240 valence electrons. The molecule has 0 heterocycles. The summed E-state index contributed by atoms with van der Waals surface area (Å²) in [5, 5.41) is 82.7. The van der Waals surface area contributed by atoms with Gasteiger partial charge in [0, 0.05) is 17.3 Å². The first-order valence-corrected chi connectivity index (χ1v) is 12.6. The molecule has 0 spiro atoms. The minimum atomic E-state index is -2.64. The van der Waals surface area contributed by atoms with Crippen molar-refractivity contribution in [2.75, 3.05) is 4.90 Å². The predicted molar refractivity (Wildman–Crippen MR) is 158 cm³/mol. The first-order valence-electron chi connectivity index (χ1n) is 12.6. The fourth-order valence-electron chi connectivity index (χ4n) is 4.35. The first-order chi connectivity index (χ1) is 22.0. The van der Waals surface area contributed by atoms with Gasteiger partial charge >= 0.3 is 17.1 Å². The molecule has 0 aliphatic rings. The third-order valence-electron chi connectivity index (χ3n) is 6.40. The summed E-state index contributed by atoms with van der Waals surface area (Å²) in [6.07, 6.45) is 0. The molecule has 0 aliphatic carbocycles. The van der Waals surface area contributed by atoms with Gasteiger partial charge in [-0.15, -0.1) is 4.91 Å². The second-order valence-electron chi connectivity index (χ2n) is 9.50. The molecule has 4 aromatic rings. The molecule has 0 unspecified atom stereocenters. The van der Waals surface area contributed by atoms with Gasteiger partial charge in [0.05, 0.1) is 48.5 Å². The van der Waals surface area contributed by atoms with Crippen molar-refractivity contribution in [3.05, 3.63) is 134 Å². The number of ether oxygens (including phenoxy) is 1. The molecule has 0 radical (unpaired) electrons. The highest BCUT2D eigenvalue weighted by Gasteiger charge is 2.38. The highest BCUT2D eigenvalue weighted by Crippen LogP contribution is 2.52. The van der Waals surface area contributed by atoms with Crippen LogP contribution in [0, 0.1) is 55.5 Å². The van der Waals surface area contributed by atoms with Crippen LogP contribution >= 0.6 is 0 Å². The third-order valence-corrected chi connectivity index (χ3v) is 6.40. The summed E-state index contributed by atoms with van der Waals surface area (Å²) >= 11 is 0. The number of para-hydroxylation sites is 1. The average Bonchev–Trinajstić information content (AvgIpc) is 3.01. The van der Waals surface area contributed by atoms with Crippen LogP contribution in [0.1, 0.15) is 12.5 Å². The number of hydrogen-bond donors (Lipinski definition) is 2. The Morgan fingerprint density at radius 2 is 1.21 bits per heavy atom. The van der Waals surface area contributed by atoms with Crippen molar-refractivity contribution in [2.24, 2.45) is 5.18 Å². The highest BCUT2D eigenvalue weighted by molar-refractivity contribution is 5.91. The van der Waals surface area contributed by atoms with Crippen molar-refractivity contribution in [1.82, 2.24) is 0 Å². The highest BCUT2D eigenvalue weighted by atomic mass is 16.6. The number of aliphatic hydroxyl groups is 2. The number of anilines is 3. The SMILES string of the molecule is CC(O)(O)c1ccc(Oc2c(N=O)cc([N+](=O)[O-])cc2[N+](=O)[O-])c(N(c2ccccc2)c2c([N+](=O)[O-])cc([N+](=O)[O-])cc2[N+](=O)[O-])c1. The molecule has 4 rings (SSSR count). The summed E-state index contributed by atoms with van der Waals surface area (Å²) in [5.41, 5.74) is -8.22. The second kappa shape index (κ2) is 12.5. The lowest BCUT2D eigenvalue weighted by Gasteiger charge is -2.28. The maximum absolute atomic E-state index is 12.3. The van der Waals surface area contributed by atoms with Crippen LogP contribution in [0.2, 0.25) is 0 Å². The van der Waals surface area contributed by atoms with Gasteiger partial charge in [-0.1, -0.05) is 18.2 Å². The number of nitro benzene ring substituents is 5. The van der Waals surface area contributed by atoms with Crippen molar-refractivity contribution in [3.8, 4) is 11.5 Å². The molecule has 0 atom stereocenters. The third kappa shape index (κ3) is 6.59. The maximum Gasteiger partial charge on any atom is 0.320 e. The molecule has 0 bridgehead atoms. The van der Waals surface area contributed by atoms with Crippen LogP contribution in [-0.2, 0) is 5.79 Å². The fourth-order valence-corrected chi connectivity index (χ4v) is 4.35. The van der Waals surface area contributed by atoms with Crippen LogP contribution in [0.3, 0.4) is 0 Å². The van der Waals surface area contributed by atoms with E-state index in [9.17, 15) is 65.7 Å². The zero-order valence-corrected chi connectivity index (χ0v) is 23.4. The van der Waals surface area contributed by atoms with Crippen LogP contribution in [0.15, 0.2) is 78.0 Å². The molecule has 0 aromatic heterocycles. The summed E-state index contributed by atoms with van der Waals surface area (Å²) in [6.45, 7) is 0.909. The molecule has 0 amide bonds. The molecular weight excluding hydrogens is 634 g/mol. The van der Waals surface area contributed by atoms with Gasteiger partial charge in [-0.25, -0.2) is 0 Å². The topological polar surface area (TPSA) is 298 Å². The zero-order valence-electron chi connectivity index (χ0n) is 23.4. The Morgan fingerprint density at radius 3 is 1.68 bits per heavy atom. The van der Waals surface area contributed by atoms with Gasteiger partial charge in [0.25, 0.3) is 11.4 Å². The van der Waals surface area contributed by atoms with Gasteiger partial charge in [0.2, 0.25) is 11.4 Å². The van der Waals surface area contributed by atoms with Gasteiger partial charge in [0.15, 0.2) is 17.2 Å². The summed E-state index contributed by atoms with van der Waals surface area (Å²) in [4.78, 5) is 66.2. The van der Waals surface area contributed by atoms with Gasteiger partial charge in [-0.2, -0.15) is 0 Å². The minimum absolute atomic E-state index is 0.112. The second-order valence-corrected chi connectivity index (χ2v) is 9.50. The predicted octanol–water partition coefficient (Wildman–Crippen LogP) is 6.04. The number of nitro groups is 5. The molecule has 0 saturated heterocycles. The number of hydrogen-bond acceptors (Lipinski definition) is 16. The van der Waals surface area contributed by atoms with E-state index in [0.29, 0.717) is 24.3 Å². The quantitative estimate of drug-likeness (QED) is 0.0762. The lowest BCUT2D eigenvalue weighted by molar-refractivity contribution is -0.402. The Morgan fingerprint density at radius 1 is 0.702 bits per heavy atom. The number of benzene rings is 4. The van der Waals surface area contributed by atoms with E-state index < -0.39 is 87.4 Å². The van der Waals surface area contributed by atoms with E-state index in [1.807, 2.05) is 0 Å². The van der Waals surface area contributed by atoms with Gasteiger partial charge < -0.3 is 14.9 Å². The van der Waals surface area contributed by atoms with Gasteiger partial charge in [-0.3, -0.25) is 55.5 Å². The first kappa shape index (κ1) is 32.9. The summed E-state index contributed by atoms with van der Waals surface area (Å²) in [6, 6.07) is 11.7. The average molecular weight is 651 g/mol. The van der Waals surface area contributed by atoms with Crippen LogP contribution < -0.4 is 9.64 Å². The lowest BCUT2D eigenvalue weighted by atomic mass is 10.0. The lowest BCUT2D eigenvalue weighted by Crippen LogP contribution is -2.21. The molecule has 21 nitrogen and oxygen atoms in total. The molecule has 21 heteroatoms. The van der Waals surface area contributed by atoms with Crippen molar-refractivity contribution < 1.29 is 39.6 Å². The zero-order chi connectivity index (χ0) is 34.8. The van der Waals surface area contributed by atoms with Crippen LogP contribution in [0.4, 0.5) is 51.2 Å². The molecule has 0 fully saturated rings. The number of rotatable bonds is 12.